The molecule has 6 nitrogen and oxygen atoms in total. The van der Waals surface area contributed by atoms with Gasteiger partial charge in [0.1, 0.15) is 5.75 Å². The molecular formula is C12H11N5O. The summed E-state index contributed by atoms with van der Waals surface area (Å²) in [5.74, 6) is 1.25. The summed E-state index contributed by atoms with van der Waals surface area (Å²) in [5.41, 5.74) is 2.78. The van der Waals surface area contributed by atoms with Gasteiger partial charge in [-0.2, -0.15) is 0 Å². The maximum absolute atomic E-state index is 5.74. The van der Waals surface area contributed by atoms with Crippen molar-refractivity contribution in [1.82, 2.24) is 25.3 Å². The Kier molecular flexibility index (Phi) is 2.40. The summed E-state index contributed by atoms with van der Waals surface area (Å²) in [6.07, 6.45) is 0. The Bertz CT molecular complexity index is 707. The Morgan fingerprint density at radius 2 is 2.00 bits per heavy atom. The molecule has 6 heteroatoms. The summed E-state index contributed by atoms with van der Waals surface area (Å²) in [7, 11) is 0. The van der Waals surface area contributed by atoms with E-state index in [2.05, 4.69) is 20.6 Å². The number of aromatic nitrogens is 5. The Balaban J connectivity index is 1.97. The van der Waals surface area contributed by atoms with Crippen LogP contribution in [0.5, 0.6) is 11.6 Å². The Morgan fingerprint density at radius 3 is 2.89 bits per heavy atom. The third-order valence-corrected chi connectivity index (χ3v) is 2.60. The van der Waals surface area contributed by atoms with Crippen molar-refractivity contribution >= 4 is 5.65 Å². The van der Waals surface area contributed by atoms with E-state index in [-0.39, 0.29) is 0 Å². The van der Waals surface area contributed by atoms with E-state index in [1.54, 1.807) is 12.1 Å². The summed E-state index contributed by atoms with van der Waals surface area (Å²) < 4.78 is 7.07. The smallest absolute Gasteiger partial charge is 0.239 e. The van der Waals surface area contributed by atoms with Gasteiger partial charge in [0.05, 0.1) is 0 Å². The van der Waals surface area contributed by atoms with Gasteiger partial charge >= 0.3 is 0 Å². The molecule has 2 heterocycles. The molecule has 0 aliphatic heterocycles. The first-order valence-electron chi connectivity index (χ1n) is 5.53. The molecule has 0 aliphatic carbocycles. The third-order valence-electron chi connectivity index (χ3n) is 2.60. The van der Waals surface area contributed by atoms with E-state index >= 15 is 0 Å². The van der Waals surface area contributed by atoms with Crippen LogP contribution in [0.25, 0.3) is 5.65 Å². The van der Waals surface area contributed by atoms with Crippen molar-refractivity contribution in [2.24, 2.45) is 0 Å². The predicted octanol–water partition coefficient (Wildman–Crippen LogP) is 1.93. The van der Waals surface area contributed by atoms with Gasteiger partial charge in [-0.05, 0) is 47.5 Å². The molecule has 3 rings (SSSR count). The lowest BCUT2D eigenvalue weighted by Gasteiger charge is -2.08. The van der Waals surface area contributed by atoms with E-state index in [4.69, 9.17) is 4.74 Å². The number of benzene rings is 1. The van der Waals surface area contributed by atoms with Crippen molar-refractivity contribution in [3.63, 3.8) is 0 Å². The van der Waals surface area contributed by atoms with Crippen LogP contribution in [0.15, 0.2) is 30.3 Å². The van der Waals surface area contributed by atoms with E-state index in [1.807, 2.05) is 32.0 Å². The Morgan fingerprint density at radius 1 is 1.11 bits per heavy atom. The number of hydrogen-bond donors (Lipinski definition) is 0. The summed E-state index contributed by atoms with van der Waals surface area (Å²) >= 11 is 0. The first-order valence-corrected chi connectivity index (χ1v) is 5.53. The summed E-state index contributed by atoms with van der Waals surface area (Å²) in [4.78, 5) is 0. The van der Waals surface area contributed by atoms with Crippen LogP contribution >= 0.6 is 0 Å². The molecule has 0 saturated heterocycles. The van der Waals surface area contributed by atoms with Gasteiger partial charge in [0.15, 0.2) is 5.65 Å². The van der Waals surface area contributed by atoms with Crippen LogP contribution in [0.4, 0.5) is 0 Å². The van der Waals surface area contributed by atoms with Gasteiger partial charge in [0.2, 0.25) is 5.88 Å². The molecule has 1 aromatic carbocycles. The molecule has 0 bridgehead atoms. The minimum Gasteiger partial charge on any atom is -0.437 e. The molecule has 0 amide bonds. The zero-order chi connectivity index (χ0) is 12.5. The minimum absolute atomic E-state index is 0.462. The zero-order valence-corrected chi connectivity index (χ0v) is 10.0. The normalized spacial score (nSPS) is 10.8. The van der Waals surface area contributed by atoms with Gasteiger partial charge < -0.3 is 4.74 Å². The molecule has 18 heavy (non-hydrogen) atoms. The van der Waals surface area contributed by atoms with Crippen LogP contribution in [0.1, 0.15) is 11.1 Å². The van der Waals surface area contributed by atoms with Crippen molar-refractivity contribution in [3.05, 3.63) is 41.5 Å². The van der Waals surface area contributed by atoms with Crippen molar-refractivity contribution in [1.29, 1.82) is 0 Å². The second kappa shape index (κ2) is 4.06. The molecule has 0 aliphatic rings. The summed E-state index contributed by atoms with van der Waals surface area (Å²) in [6, 6.07) is 9.53. The zero-order valence-electron chi connectivity index (χ0n) is 10.0. The number of aryl methyl sites for hydroxylation is 2. The highest BCUT2D eigenvalue weighted by atomic mass is 16.5. The highest BCUT2D eigenvalue weighted by Crippen LogP contribution is 2.24. The topological polar surface area (TPSA) is 65.2 Å². The maximum atomic E-state index is 5.74. The van der Waals surface area contributed by atoms with Gasteiger partial charge in [-0.1, -0.05) is 12.1 Å². The van der Waals surface area contributed by atoms with Gasteiger partial charge in [-0.3, -0.25) is 0 Å². The first kappa shape index (κ1) is 10.6. The third kappa shape index (κ3) is 1.88. The largest absolute Gasteiger partial charge is 0.437 e. The van der Waals surface area contributed by atoms with Crippen LogP contribution in [-0.4, -0.2) is 25.3 Å². The average Bonchev–Trinajstić information content (AvgIpc) is 2.81. The van der Waals surface area contributed by atoms with Gasteiger partial charge in [-0.25, -0.2) is 0 Å². The average molecular weight is 241 g/mol. The van der Waals surface area contributed by atoms with Crippen molar-refractivity contribution < 1.29 is 4.74 Å². The molecule has 0 fully saturated rings. The van der Waals surface area contributed by atoms with E-state index in [0.29, 0.717) is 11.5 Å². The maximum Gasteiger partial charge on any atom is 0.239 e. The van der Waals surface area contributed by atoms with Gasteiger partial charge in [0.25, 0.3) is 0 Å². The highest BCUT2D eigenvalue weighted by Gasteiger charge is 2.05. The number of hydrogen-bond acceptors (Lipinski definition) is 5. The highest BCUT2D eigenvalue weighted by molar-refractivity contribution is 5.40. The molecule has 3 aromatic rings. The molecule has 0 N–H and O–H groups in total. The Hall–Kier alpha value is -2.50. The van der Waals surface area contributed by atoms with Crippen molar-refractivity contribution in [2.45, 2.75) is 13.8 Å². The minimum atomic E-state index is 0.462. The second-order valence-corrected chi connectivity index (χ2v) is 4.07. The van der Waals surface area contributed by atoms with Crippen molar-refractivity contribution in [3.8, 4) is 11.6 Å². The van der Waals surface area contributed by atoms with Crippen molar-refractivity contribution in [2.75, 3.05) is 0 Å². The van der Waals surface area contributed by atoms with E-state index in [0.717, 1.165) is 16.9 Å². The van der Waals surface area contributed by atoms with E-state index in [1.165, 1.54) is 4.63 Å². The molecule has 0 atom stereocenters. The van der Waals surface area contributed by atoms with Gasteiger partial charge in [0, 0.05) is 6.07 Å². The molecule has 0 unspecified atom stereocenters. The van der Waals surface area contributed by atoms with Gasteiger partial charge in [-0.15, -0.1) is 14.8 Å². The Labute approximate surface area is 103 Å². The quantitative estimate of drug-likeness (QED) is 0.685. The predicted molar refractivity (Wildman–Crippen MR) is 64.6 cm³/mol. The lowest BCUT2D eigenvalue weighted by Crippen LogP contribution is -1.98. The lowest BCUT2D eigenvalue weighted by molar-refractivity contribution is 0.443. The van der Waals surface area contributed by atoms with Crippen LogP contribution in [0.2, 0.25) is 0 Å². The monoisotopic (exact) mass is 241 g/mol. The molecule has 90 valence electrons. The lowest BCUT2D eigenvalue weighted by atomic mass is 10.1. The molecular weight excluding hydrogens is 230 g/mol. The molecule has 0 saturated carbocycles. The first-order chi connectivity index (χ1) is 8.72. The number of rotatable bonds is 2. The van der Waals surface area contributed by atoms with E-state index < -0.39 is 0 Å². The van der Waals surface area contributed by atoms with Crippen LogP contribution in [0.3, 0.4) is 0 Å². The van der Waals surface area contributed by atoms with Crippen LogP contribution in [0, 0.1) is 13.8 Å². The fraction of sp³-hybridized carbons (Fsp3) is 0.167. The summed E-state index contributed by atoms with van der Waals surface area (Å²) in [6.45, 7) is 4.01. The second-order valence-electron chi connectivity index (χ2n) is 4.07. The van der Waals surface area contributed by atoms with Crippen LogP contribution in [-0.2, 0) is 0 Å². The number of nitrogens with zero attached hydrogens (tertiary/aromatic N) is 5. The number of ether oxygens (including phenoxy) is 1. The number of fused-ring (bicyclic) bond motifs is 1. The SMILES string of the molecule is Cc1ccc(C)c(Oc2ccc3nnnn3n2)c1. The molecule has 2 aromatic heterocycles. The standard InChI is InChI=1S/C12H11N5O/c1-8-3-4-9(2)10(7-8)18-12-6-5-11-13-15-16-17(11)14-12/h3-7H,1-2H3. The fourth-order valence-corrected chi connectivity index (χ4v) is 1.62. The van der Waals surface area contributed by atoms with E-state index in [9.17, 15) is 0 Å². The molecule has 0 spiro atoms. The molecule has 0 radical (unpaired) electrons. The summed E-state index contributed by atoms with van der Waals surface area (Å²) in [5, 5.41) is 15.2. The number of tetrazole rings is 1. The fourth-order valence-electron chi connectivity index (χ4n) is 1.62. The van der Waals surface area contributed by atoms with Crippen LogP contribution < -0.4 is 4.74 Å².